The molecule has 1 N–H and O–H groups in total. The monoisotopic (exact) mass is 209 g/mol. The Kier molecular flexibility index (Phi) is 2.91. The van der Waals surface area contributed by atoms with Crippen LogP contribution in [0.3, 0.4) is 0 Å². The maximum Gasteiger partial charge on any atom is 0.165 e. The summed E-state index contributed by atoms with van der Waals surface area (Å²) in [7, 11) is 0. The van der Waals surface area contributed by atoms with Gasteiger partial charge in [-0.15, -0.1) is 0 Å². The molecular weight excluding hydrogens is 193 g/mol. The summed E-state index contributed by atoms with van der Waals surface area (Å²) in [5.74, 6) is -0.799. The van der Waals surface area contributed by atoms with Gasteiger partial charge in [-0.05, 0) is 44.0 Å². The topological polar surface area (TPSA) is 23.5 Å². The molecule has 0 saturated carbocycles. The molecule has 0 bridgehead atoms. The van der Waals surface area contributed by atoms with Crippen LogP contribution in [0, 0.1) is 5.82 Å². The number of aromatic hydroxyl groups is 1. The molecule has 15 heavy (non-hydrogen) atoms. The van der Waals surface area contributed by atoms with Gasteiger partial charge in [0.15, 0.2) is 11.6 Å². The minimum Gasteiger partial charge on any atom is -0.505 e. The standard InChI is InChI=1S/C12H16FNO/c1-9-3-2-6-14(9)8-10-4-5-12(15)11(13)7-10/h4-5,7,9,15H,2-3,6,8H2,1H3. The Labute approximate surface area is 89.3 Å². The van der Waals surface area contributed by atoms with Gasteiger partial charge >= 0.3 is 0 Å². The van der Waals surface area contributed by atoms with Crippen LogP contribution in [0.25, 0.3) is 0 Å². The van der Waals surface area contributed by atoms with Crippen LogP contribution in [0.5, 0.6) is 5.75 Å². The zero-order valence-corrected chi connectivity index (χ0v) is 8.91. The molecule has 1 heterocycles. The largest absolute Gasteiger partial charge is 0.505 e. The molecule has 0 aliphatic carbocycles. The molecule has 1 atom stereocenters. The summed E-state index contributed by atoms with van der Waals surface area (Å²) in [5.41, 5.74) is 0.930. The van der Waals surface area contributed by atoms with Crippen LogP contribution >= 0.6 is 0 Å². The van der Waals surface area contributed by atoms with E-state index in [-0.39, 0.29) is 5.75 Å². The third-order valence-electron chi connectivity index (χ3n) is 3.09. The molecule has 1 aliphatic rings. The predicted molar refractivity (Wildman–Crippen MR) is 57.2 cm³/mol. The first-order chi connectivity index (χ1) is 7.16. The number of hydrogen-bond donors (Lipinski definition) is 1. The van der Waals surface area contributed by atoms with Crippen LogP contribution in [0.2, 0.25) is 0 Å². The van der Waals surface area contributed by atoms with Crippen molar-refractivity contribution >= 4 is 0 Å². The zero-order valence-electron chi connectivity index (χ0n) is 8.91. The van der Waals surface area contributed by atoms with Gasteiger partial charge in [0.05, 0.1) is 0 Å². The van der Waals surface area contributed by atoms with Crippen molar-refractivity contribution in [2.45, 2.75) is 32.4 Å². The lowest BCUT2D eigenvalue weighted by Gasteiger charge is -2.20. The summed E-state index contributed by atoms with van der Waals surface area (Å²) >= 11 is 0. The van der Waals surface area contributed by atoms with Crippen LogP contribution in [-0.2, 0) is 6.54 Å². The molecule has 1 unspecified atom stereocenters. The van der Waals surface area contributed by atoms with Gasteiger partial charge in [0.25, 0.3) is 0 Å². The first-order valence-corrected chi connectivity index (χ1v) is 5.38. The van der Waals surface area contributed by atoms with Crippen molar-refractivity contribution in [3.63, 3.8) is 0 Å². The van der Waals surface area contributed by atoms with Gasteiger partial charge in [0.1, 0.15) is 0 Å². The lowest BCUT2D eigenvalue weighted by molar-refractivity contribution is 0.260. The Hall–Kier alpha value is -1.09. The molecule has 2 rings (SSSR count). The van der Waals surface area contributed by atoms with E-state index in [9.17, 15) is 4.39 Å². The van der Waals surface area contributed by atoms with Gasteiger partial charge in [-0.1, -0.05) is 6.07 Å². The van der Waals surface area contributed by atoms with E-state index >= 15 is 0 Å². The van der Waals surface area contributed by atoms with Gasteiger partial charge < -0.3 is 5.11 Å². The van der Waals surface area contributed by atoms with Gasteiger partial charge in [-0.25, -0.2) is 4.39 Å². The number of hydrogen-bond acceptors (Lipinski definition) is 2. The summed E-state index contributed by atoms with van der Waals surface area (Å²) in [6.07, 6.45) is 2.45. The fraction of sp³-hybridized carbons (Fsp3) is 0.500. The maximum atomic E-state index is 13.1. The molecule has 1 aromatic rings. The van der Waals surface area contributed by atoms with E-state index in [4.69, 9.17) is 5.11 Å². The number of rotatable bonds is 2. The Morgan fingerprint density at radius 3 is 2.93 bits per heavy atom. The second-order valence-corrected chi connectivity index (χ2v) is 4.25. The Balaban J connectivity index is 2.07. The van der Waals surface area contributed by atoms with Crippen LogP contribution in [0.15, 0.2) is 18.2 Å². The highest BCUT2D eigenvalue weighted by Crippen LogP contribution is 2.22. The second kappa shape index (κ2) is 4.19. The lowest BCUT2D eigenvalue weighted by atomic mass is 10.2. The predicted octanol–water partition coefficient (Wildman–Crippen LogP) is 2.52. The highest BCUT2D eigenvalue weighted by molar-refractivity contribution is 5.28. The quantitative estimate of drug-likeness (QED) is 0.809. The van der Waals surface area contributed by atoms with Crippen LogP contribution in [0.1, 0.15) is 25.3 Å². The molecule has 1 aromatic carbocycles. The van der Waals surface area contributed by atoms with E-state index in [0.29, 0.717) is 6.04 Å². The van der Waals surface area contributed by atoms with Crippen molar-refractivity contribution in [2.75, 3.05) is 6.54 Å². The van der Waals surface area contributed by atoms with Crippen LogP contribution in [0.4, 0.5) is 4.39 Å². The van der Waals surface area contributed by atoms with E-state index in [1.807, 2.05) is 0 Å². The third-order valence-corrected chi connectivity index (χ3v) is 3.09. The molecule has 2 nitrogen and oxygen atoms in total. The van der Waals surface area contributed by atoms with Crippen molar-refractivity contribution in [3.8, 4) is 5.75 Å². The number of halogens is 1. The van der Waals surface area contributed by atoms with E-state index in [1.165, 1.54) is 25.0 Å². The minimum atomic E-state index is -0.528. The Bertz CT molecular complexity index is 353. The number of nitrogens with zero attached hydrogens (tertiary/aromatic N) is 1. The fourth-order valence-electron chi connectivity index (χ4n) is 2.11. The summed E-state index contributed by atoms with van der Waals surface area (Å²) in [5, 5.41) is 9.07. The summed E-state index contributed by atoms with van der Waals surface area (Å²) in [6.45, 7) is 4.06. The van der Waals surface area contributed by atoms with Crippen molar-refractivity contribution in [3.05, 3.63) is 29.6 Å². The molecular formula is C12H16FNO. The Morgan fingerprint density at radius 1 is 1.53 bits per heavy atom. The summed E-state index contributed by atoms with van der Waals surface area (Å²) in [6, 6.07) is 5.21. The lowest BCUT2D eigenvalue weighted by Crippen LogP contribution is -2.26. The summed E-state index contributed by atoms with van der Waals surface area (Å²) in [4.78, 5) is 2.34. The maximum absolute atomic E-state index is 13.1. The van der Waals surface area contributed by atoms with E-state index < -0.39 is 5.82 Å². The fourth-order valence-corrected chi connectivity index (χ4v) is 2.11. The van der Waals surface area contributed by atoms with Gasteiger partial charge in [-0.2, -0.15) is 0 Å². The number of phenols is 1. The van der Waals surface area contributed by atoms with E-state index in [2.05, 4.69) is 11.8 Å². The zero-order chi connectivity index (χ0) is 10.8. The molecule has 0 radical (unpaired) electrons. The van der Waals surface area contributed by atoms with Crippen LogP contribution in [-0.4, -0.2) is 22.6 Å². The minimum absolute atomic E-state index is 0.270. The molecule has 1 fully saturated rings. The van der Waals surface area contributed by atoms with Crippen molar-refractivity contribution in [1.29, 1.82) is 0 Å². The highest BCUT2D eigenvalue weighted by atomic mass is 19.1. The Morgan fingerprint density at radius 2 is 2.33 bits per heavy atom. The van der Waals surface area contributed by atoms with Crippen molar-refractivity contribution in [2.24, 2.45) is 0 Å². The van der Waals surface area contributed by atoms with Crippen LogP contribution < -0.4 is 0 Å². The van der Waals surface area contributed by atoms with E-state index in [0.717, 1.165) is 18.7 Å². The molecule has 82 valence electrons. The third kappa shape index (κ3) is 2.29. The van der Waals surface area contributed by atoms with Gasteiger partial charge in [-0.3, -0.25) is 4.90 Å². The molecule has 3 heteroatoms. The number of likely N-dealkylation sites (tertiary alicyclic amines) is 1. The normalized spacial score (nSPS) is 22.1. The summed E-state index contributed by atoms with van der Waals surface area (Å²) < 4.78 is 13.1. The van der Waals surface area contributed by atoms with Crippen molar-refractivity contribution in [1.82, 2.24) is 4.90 Å². The van der Waals surface area contributed by atoms with E-state index in [1.54, 1.807) is 6.07 Å². The SMILES string of the molecule is CC1CCCN1Cc1ccc(O)c(F)c1. The average Bonchev–Trinajstić information content (AvgIpc) is 2.59. The smallest absolute Gasteiger partial charge is 0.165 e. The first kappa shape index (κ1) is 10.4. The molecule has 1 saturated heterocycles. The van der Waals surface area contributed by atoms with Gasteiger partial charge in [0, 0.05) is 12.6 Å². The average molecular weight is 209 g/mol. The molecule has 0 amide bonds. The number of phenolic OH excluding ortho intramolecular Hbond substituents is 1. The molecule has 0 spiro atoms. The number of benzene rings is 1. The first-order valence-electron chi connectivity index (χ1n) is 5.38. The van der Waals surface area contributed by atoms with Gasteiger partial charge in [0.2, 0.25) is 0 Å². The highest BCUT2D eigenvalue weighted by Gasteiger charge is 2.20. The molecule has 1 aliphatic heterocycles. The van der Waals surface area contributed by atoms with Crippen molar-refractivity contribution < 1.29 is 9.50 Å². The second-order valence-electron chi connectivity index (χ2n) is 4.25. The molecule has 0 aromatic heterocycles.